The molecule has 0 aliphatic rings. The van der Waals surface area contributed by atoms with Crippen molar-refractivity contribution in [3.63, 3.8) is 0 Å². The van der Waals surface area contributed by atoms with Crippen LogP contribution in [0.4, 0.5) is 0 Å². The molecule has 3 heteroatoms. The molecule has 18 heavy (non-hydrogen) atoms. The molecule has 0 amide bonds. The van der Waals surface area contributed by atoms with Crippen molar-refractivity contribution in [3.8, 4) is 0 Å². The predicted octanol–water partition coefficient (Wildman–Crippen LogP) is 2.95. The van der Waals surface area contributed by atoms with Crippen LogP contribution in [0.2, 0.25) is 0 Å². The zero-order chi connectivity index (χ0) is 13.0. The number of ketones is 1. The van der Waals surface area contributed by atoms with E-state index in [1.54, 1.807) is 24.3 Å². The number of carbonyl (C=O) groups excluding carboxylic acids is 2. The lowest BCUT2D eigenvalue weighted by Crippen LogP contribution is -2.02. The van der Waals surface area contributed by atoms with Crippen LogP contribution in [-0.2, 0) is 6.42 Å². The zero-order valence-electron chi connectivity index (χ0n) is 10.3. The highest BCUT2D eigenvalue weighted by Crippen LogP contribution is 2.11. The first kappa shape index (κ1) is 12.3. The van der Waals surface area contributed by atoms with Crippen molar-refractivity contribution < 1.29 is 9.59 Å². The maximum atomic E-state index is 11.9. The molecule has 0 radical (unpaired) electrons. The molecule has 1 aromatic carbocycles. The standard InChI is InChI=1S/C15H15NO2/c1-11-8-9-16-14(11)6-7-15(18)13-4-2-12(10-17)3-5-13/h2-5,8-10,16H,6-7H2,1H3. The van der Waals surface area contributed by atoms with Gasteiger partial charge in [0.15, 0.2) is 5.78 Å². The number of H-pyrrole nitrogens is 1. The number of benzene rings is 1. The van der Waals surface area contributed by atoms with E-state index in [9.17, 15) is 9.59 Å². The summed E-state index contributed by atoms with van der Waals surface area (Å²) < 4.78 is 0. The molecule has 1 heterocycles. The molecule has 3 nitrogen and oxygen atoms in total. The number of aromatic amines is 1. The Morgan fingerprint density at radius 3 is 2.50 bits per heavy atom. The summed E-state index contributed by atoms with van der Waals surface area (Å²) in [6.07, 6.45) is 3.85. The normalized spacial score (nSPS) is 10.3. The summed E-state index contributed by atoms with van der Waals surface area (Å²) in [6, 6.07) is 8.74. The summed E-state index contributed by atoms with van der Waals surface area (Å²) >= 11 is 0. The Kier molecular flexibility index (Phi) is 3.72. The van der Waals surface area contributed by atoms with E-state index >= 15 is 0 Å². The van der Waals surface area contributed by atoms with Crippen LogP contribution in [0.3, 0.4) is 0 Å². The van der Waals surface area contributed by atoms with Crippen molar-refractivity contribution in [1.29, 1.82) is 0 Å². The van der Waals surface area contributed by atoms with Gasteiger partial charge >= 0.3 is 0 Å². The Hall–Kier alpha value is -2.16. The molecular weight excluding hydrogens is 226 g/mol. The van der Waals surface area contributed by atoms with E-state index in [4.69, 9.17) is 0 Å². The van der Waals surface area contributed by atoms with Crippen LogP contribution in [-0.4, -0.2) is 17.1 Å². The molecule has 0 saturated carbocycles. The molecule has 0 aliphatic heterocycles. The van der Waals surface area contributed by atoms with Crippen LogP contribution in [0.1, 0.15) is 38.4 Å². The van der Waals surface area contributed by atoms with E-state index in [1.165, 1.54) is 5.56 Å². The smallest absolute Gasteiger partial charge is 0.163 e. The van der Waals surface area contributed by atoms with Crippen molar-refractivity contribution in [3.05, 3.63) is 58.9 Å². The molecule has 0 fully saturated rings. The molecule has 2 aromatic rings. The van der Waals surface area contributed by atoms with Crippen LogP contribution >= 0.6 is 0 Å². The Balaban J connectivity index is 1.99. The Labute approximate surface area is 106 Å². The van der Waals surface area contributed by atoms with E-state index < -0.39 is 0 Å². The minimum Gasteiger partial charge on any atom is -0.365 e. The lowest BCUT2D eigenvalue weighted by Gasteiger charge is -2.02. The molecule has 1 N–H and O–H groups in total. The number of aryl methyl sites for hydroxylation is 2. The van der Waals surface area contributed by atoms with Crippen LogP contribution in [0.15, 0.2) is 36.5 Å². The largest absolute Gasteiger partial charge is 0.365 e. The zero-order valence-corrected chi connectivity index (χ0v) is 10.3. The second-order valence-electron chi connectivity index (χ2n) is 4.30. The maximum absolute atomic E-state index is 11.9. The third-order valence-electron chi connectivity index (χ3n) is 3.04. The molecule has 2 rings (SSSR count). The second-order valence-corrected chi connectivity index (χ2v) is 4.30. The maximum Gasteiger partial charge on any atom is 0.163 e. The van der Waals surface area contributed by atoms with Crippen LogP contribution < -0.4 is 0 Å². The van der Waals surface area contributed by atoms with Crippen LogP contribution in [0, 0.1) is 6.92 Å². The van der Waals surface area contributed by atoms with Crippen molar-refractivity contribution in [2.75, 3.05) is 0 Å². The average Bonchev–Trinajstić information content (AvgIpc) is 2.81. The van der Waals surface area contributed by atoms with Gasteiger partial charge < -0.3 is 4.98 Å². The molecule has 0 atom stereocenters. The minimum atomic E-state index is 0.0986. The third kappa shape index (κ3) is 2.74. The van der Waals surface area contributed by atoms with Crippen molar-refractivity contribution in [2.24, 2.45) is 0 Å². The SMILES string of the molecule is Cc1cc[nH]c1CCC(=O)c1ccc(C=O)cc1. The van der Waals surface area contributed by atoms with Crippen LogP contribution in [0.5, 0.6) is 0 Å². The third-order valence-corrected chi connectivity index (χ3v) is 3.04. The summed E-state index contributed by atoms with van der Waals surface area (Å²) in [4.78, 5) is 25.6. The molecule has 0 aliphatic carbocycles. The van der Waals surface area contributed by atoms with E-state index in [0.29, 0.717) is 24.0 Å². The lowest BCUT2D eigenvalue weighted by atomic mass is 10.0. The van der Waals surface area contributed by atoms with E-state index in [0.717, 1.165) is 12.0 Å². The Morgan fingerprint density at radius 2 is 1.94 bits per heavy atom. The monoisotopic (exact) mass is 241 g/mol. The second kappa shape index (κ2) is 5.45. The van der Waals surface area contributed by atoms with Gasteiger partial charge in [-0.15, -0.1) is 0 Å². The van der Waals surface area contributed by atoms with Gasteiger partial charge in [0.25, 0.3) is 0 Å². The van der Waals surface area contributed by atoms with Crippen molar-refractivity contribution in [2.45, 2.75) is 19.8 Å². The van der Waals surface area contributed by atoms with Gasteiger partial charge in [-0.25, -0.2) is 0 Å². The summed E-state index contributed by atoms with van der Waals surface area (Å²) in [5.74, 6) is 0.0986. The molecule has 0 bridgehead atoms. The van der Waals surface area contributed by atoms with Gasteiger partial charge in [-0.3, -0.25) is 9.59 Å². The molecule has 0 spiro atoms. The number of Topliss-reactive ketones (excluding diaryl/α,β-unsaturated/α-hetero) is 1. The number of aldehydes is 1. The first-order valence-electron chi connectivity index (χ1n) is 5.92. The van der Waals surface area contributed by atoms with E-state index in [2.05, 4.69) is 4.98 Å². The van der Waals surface area contributed by atoms with Gasteiger partial charge in [-0.1, -0.05) is 24.3 Å². The average molecular weight is 241 g/mol. The first-order valence-corrected chi connectivity index (χ1v) is 5.92. The van der Waals surface area contributed by atoms with Gasteiger partial charge in [0.05, 0.1) is 0 Å². The summed E-state index contributed by atoms with van der Waals surface area (Å²) in [6.45, 7) is 2.02. The fraction of sp³-hybridized carbons (Fsp3) is 0.200. The number of rotatable bonds is 5. The van der Waals surface area contributed by atoms with Gasteiger partial charge in [-0.2, -0.15) is 0 Å². The molecular formula is C15H15NO2. The van der Waals surface area contributed by atoms with Gasteiger partial charge in [0.2, 0.25) is 0 Å². The first-order chi connectivity index (χ1) is 8.70. The highest BCUT2D eigenvalue weighted by molar-refractivity contribution is 5.96. The van der Waals surface area contributed by atoms with Gasteiger partial charge in [-0.05, 0) is 25.0 Å². The Morgan fingerprint density at radius 1 is 1.22 bits per heavy atom. The summed E-state index contributed by atoms with van der Waals surface area (Å²) in [5, 5.41) is 0. The van der Waals surface area contributed by atoms with E-state index in [1.807, 2.05) is 19.2 Å². The highest BCUT2D eigenvalue weighted by Gasteiger charge is 2.07. The highest BCUT2D eigenvalue weighted by atomic mass is 16.1. The number of hydrogen-bond acceptors (Lipinski definition) is 2. The Bertz CT molecular complexity index is 552. The van der Waals surface area contributed by atoms with Gasteiger partial charge in [0, 0.05) is 29.4 Å². The van der Waals surface area contributed by atoms with E-state index in [-0.39, 0.29) is 5.78 Å². The fourth-order valence-corrected chi connectivity index (χ4v) is 1.88. The van der Waals surface area contributed by atoms with Crippen LogP contribution in [0.25, 0.3) is 0 Å². The summed E-state index contributed by atoms with van der Waals surface area (Å²) in [5.41, 5.74) is 3.53. The molecule has 0 unspecified atom stereocenters. The predicted molar refractivity (Wildman–Crippen MR) is 70.0 cm³/mol. The number of carbonyl (C=O) groups is 2. The molecule has 1 aromatic heterocycles. The molecule has 92 valence electrons. The quantitative estimate of drug-likeness (QED) is 0.646. The summed E-state index contributed by atoms with van der Waals surface area (Å²) in [7, 11) is 0. The van der Waals surface area contributed by atoms with Crippen molar-refractivity contribution in [1.82, 2.24) is 4.98 Å². The topological polar surface area (TPSA) is 49.9 Å². The van der Waals surface area contributed by atoms with Gasteiger partial charge in [0.1, 0.15) is 6.29 Å². The lowest BCUT2D eigenvalue weighted by molar-refractivity contribution is 0.0981. The molecule has 0 saturated heterocycles. The van der Waals surface area contributed by atoms with Crippen molar-refractivity contribution >= 4 is 12.1 Å². The number of hydrogen-bond donors (Lipinski definition) is 1. The number of nitrogens with one attached hydrogen (secondary N) is 1. The number of aromatic nitrogens is 1. The fourth-order valence-electron chi connectivity index (χ4n) is 1.88. The minimum absolute atomic E-state index is 0.0986.